The number of nitrogens with zero attached hydrogens (tertiary/aromatic N) is 1. The molecular formula is C9H17F3N2O. The summed E-state index contributed by atoms with van der Waals surface area (Å²) in [5.74, 6) is -1.42. The Morgan fingerprint density at radius 2 is 2.20 bits per heavy atom. The van der Waals surface area contributed by atoms with Crippen LogP contribution in [0.3, 0.4) is 0 Å². The minimum Gasteiger partial charge on any atom is -0.380 e. The molecule has 1 rings (SSSR count). The molecule has 90 valence electrons. The summed E-state index contributed by atoms with van der Waals surface area (Å²) in [7, 11) is 1.58. The smallest absolute Gasteiger partial charge is 0.380 e. The Balaban J connectivity index is 2.40. The molecule has 2 atom stereocenters. The van der Waals surface area contributed by atoms with Crippen molar-refractivity contribution >= 4 is 0 Å². The fraction of sp³-hybridized carbons (Fsp3) is 1.00. The third-order valence-corrected chi connectivity index (χ3v) is 2.79. The molecule has 6 heteroatoms. The largest absolute Gasteiger partial charge is 0.394 e. The predicted octanol–water partition coefficient (Wildman–Crippen LogP) is 0.844. The summed E-state index contributed by atoms with van der Waals surface area (Å²) in [4.78, 5) is 1.76. The van der Waals surface area contributed by atoms with Crippen LogP contribution in [0.4, 0.5) is 13.2 Å². The number of methoxy groups -OCH3 is 1. The van der Waals surface area contributed by atoms with Crippen molar-refractivity contribution in [3.05, 3.63) is 0 Å². The topological polar surface area (TPSA) is 38.5 Å². The van der Waals surface area contributed by atoms with Gasteiger partial charge in [0.15, 0.2) is 0 Å². The average molecular weight is 226 g/mol. The molecule has 1 fully saturated rings. The van der Waals surface area contributed by atoms with Crippen molar-refractivity contribution in [3.8, 4) is 0 Å². The first-order valence-corrected chi connectivity index (χ1v) is 4.99. The molecule has 0 spiro atoms. The number of rotatable bonds is 4. The number of ether oxygens (including phenoxy) is 1. The number of hydrogen-bond acceptors (Lipinski definition) is 3. The van der Waals surface area contributed by atoms with Gasteiger partial charge in [-0.1, -0.05) is 0 Å². The zero-order chi connectivity index (χ0) is 11.5. The SMILES string of the molecule is COC1CCN(CC(CN)C(F)(F)F)C1. The standard InChI is InChI=1S/C9H17F3N2O/c1-15-8-2-3-14(6-8)5-7(4-13)9(10,11)12/h7-8H,2-6,13H2,1H3. The molecule has 1 saturated heterocycles. The maximum Gasteiger partial charge on any atom is 0.394 e. The Kier molecular flexibility index (Phi) is 4.36. The molecule has 0 aromatic rings. The van der Waals surface area contributed by atoms with Gasteiger partial charge in [-0.15, -0.1) is 0 Å². The van der Waals surface area contributed by atoms with Gasteiger partial charge in [0.2, 0.25) is 0 Å². The highest BCUT2D eigenvalue weighted by atomic mass is 19.4. The van der Waals surface area contributed by atoms with Crippen LogP contribution < -0.4 is 5.73 Å². The lowest BCUT2D eigenvalue weighted by Gasteiger charge is -2.24. The van der Waals surface area contributed by atoms with Gasteiger partial charge in [0.25, 0.3) is 0 Å². The highest BCUT2D eigenvalue weighted by Crippen LogP contribution is 2.27. The minimum atomic E-state index is -4.19. The van der Waals surface area contributed by atoms with Gasteiger partial charge in [-0.25, -0.2) is 0 Å². The van der Waals surface area contributed by atoms with Gasteiger partial charge >= 0.3 is 6.18 Å². The summed E-state index contributed by atoms with van der Waals surface area (Å²) in [5.41, 5.74) is 5.13. The molecule has 0 aliphatic carbocycles. The molecule has 2 unspecified atom stereocenters. The second kappa shape index (κ2) is 5.14. The number of alkyl halides is 3. The predicted molar refractivity (Wildman–Crippen MR) is 50.5 cm³/mol. The monoisotopic (exact) mass is 226 g/mol. The van der Waals surface area contributed by atoms with E-state index in [0.717, 1.165) is 6.42 Å². The molecule has 3 nitrogen and oxygen atoms in total. The van der Waals surface area contributed by atoms with E-state index in [1.54, 1.807) is 12.0 Å². The van der Waals surface area contributed by atoms with E-state index < -0.39 is 12.1 Å². The van der Waals surface area contributed by atoms with E-state index >= 15 is 0 Å². The molecule has 0 aromatic heterocycles. The summed E-state index contributed by atoms with van der Waals surface area (Å²) in [6, 6.07) is 0. The Bertz CT molecular complexity index is 198. The van der Waals surface area contributed by atoms with Crippen LogP contribution >= 0.6 is 0 Å². The second-order valence-electron chi connectivity index (χ2n) is 3.88. The maximum atomic E-state index is 12.4. The second-order valence-corrected chi connectivity index (χ2v) is 3.88. The van der Waals surface area contributed by atoms with Crippen molar-refractivity contribution in [3.63, 3.8) is 0 Å². The molecule has 0 amide bonds. The van der Waals surface area contributed by atoms with E-state index in [9.17, 15) is 13.2 Å². The van der Waals surface area contributed by atoms with Gasteiger partial charge in [-0.05, 0) is 6.42 Å². The quantitative estimate of drug-likeness (QED) is 0.772. The fourth-order valence-corrected chi connectivity index (χ4v) is 1.78. The van der Waals surface area contributed by atoms with Gasteiger partial charge in [-0.2, -0.15) is 13.2 Å². The zero-order valence-corrected chi connectivity index (χ0v) is 8.76. The van der Waals surface area contributed by atoms with Gasteiger partial charge in [0.05, 0.1) is 12.0 Å². The van der Waals surface area contributed by atoms with E-state index in [1.807, 2.05) is 0 Å². The van der Waals surface area contributed by atoms with Crippen molar-refractivity contribution < 1.29 is 17.9 Å². The molecule has 0 aromatic carbocycles. The molecule has 0 bridgehead atoms. The summed E-state index contributed by atoms with van der Waals surface area (Å²) in [5, 5.41) is 0. The Hall–Kier alpha value is -0.330. The Labute approximate surface area is 87.4 Å². The van der Waals surface area contributed by atoms with Gasteiger partial charge < -0.3 is 10.5 Å². The molecule has 1 heterocycles. The lowest BCUT2D eigenvalue weighted by molar-refractivity contribution is -0.175. The first kappa shape index (κ1) is 12.7. The van der Waals surface area contributed by atoms with Crippen molar-refractivity contribution in [2.24, 2.45) is 11.7 Å². The number of likely N-dealkylation sites (tertiary alicyclic amines) is 1. The van der Waals surface area contributed by atoms with Crippen LogP contribution in [-0.2, 0) is 4.74 Å². The number of nitrogens with two attached hydrogens (primary N) is 1. The van der Waals surface area contributed by atoms with Crippen molar-refractivity contribution in [2.45, 2.75) is 18.7 Å². The summed E-state index contributed by atoms with van der Waals surface area (Å²) in [6.45, 7) is 0.867. The van der Waals surface area contributed by atoms with E-state index in [0.29, 0.717) is 13.1 Å². The summed E-state index contributed by atoms with van der Waals surface area (Å²) < 4.78 is 42.3. The van der Waals surface area contributed by atoms with Crippen LogP contribution in [0.25, 0.3) is 0 Å². The molecule has 1 aliphatic rings. The van der Waals surface area contributed by atoms with Crippen molar-refractivity contribution in [2.75, 3.05) is 33.3 Å². The van der Waals surface area contributed by atoms with E-state index in [-0.39, 0.29) is 19.2 Å². The number of hydrogen-bond donors (Lipinski definition) is 1. The van der Waals surface area contributed by atoms with Gasteiger partial charge in [0, 0.05) is 33.3 Å². The molecule has 0 radical (unpaired) electrons. The normalized spacial score (nSPS) is 25.8. The molecule has 0 saturated carbocycles. The zero-order valence-electron chi connectivity index (χ0n) is 8.76. The van der Waals surface area contributed by atoms with Crippen LogP contribution in [0.5, 0.6) is 0 Å². The van der Waals surface area contributed by atoms with E-state index in [1.165, 1.54) is 0 Å². The van der Waals surface area contributed by atoms with Crippen LogP contribution in [0.2, 0.25) is 0 Å². The van der Waals surface area contributed by atoms with Gasteiger partial charge in [0.1, 0.15) is 0 Å². The Morgan fingerprint density at radius 1 is 1.53 bits per heavy atom. The molecule has 1 aliphatic heterocycles. The van der Waals surface area contributed by atoms with Gasteiger partial charge in [-0.3, -0.25) is 4.90 Å². The van der Waals surface area contributed by atoms with E-state index in [2.05, 4.69) is 0 Å². The minimum absolute atomic E-state index is 0.0140. The van der Waals surface area contributed by atoms with Crippen LogP contribution in [-0.4, -0.2) is 50.5 Å². The maximum absolute atomic E-state index is 12.4. The van der Waals surface area contributed by atoms with Crippen LogP contribution in [0, 0.1) is 5.92 Å². The number of halogens is 3. The summed E-state index contributed by atoms with van der Waals surface area (Å²) >= 11 is 0. The lowest BCUT2D eigenvalue weighted by atomic mass is 10.1. The van der Waals surface area contributed by atoms with Crippen molar-refractivity contribution in [1.82, 2.24) is 4.90 Å². The first-order chi connectivity index (χ1) is 6.97. The lowest BCUT2D eigenvalue weighted by Crippen LogP contribution is -2.40. The highest BCUT2D eigenvalue weighted by Gasteiger charge is 2.40. The fourth-order valence-electron chi connectivity index (χ4n) is 1.78. The third-order valence-electron chi connectivity index (χ3n) is 2.79. The first-order valence-electron chi connectivity index (χ1n) is 4.99. The Morgan fingerprint density at radius 3 is 2.60 bits per heavy atom. The molecule has 2 N–H and O–H groups in total. The van der Waals surface area contributed by atoms with Crippen LogP contribution in [0.1, 0.15) is 6.42 Å². The van der Waals surface area contributed by atoms with Crippen molar-refractivity contribution in [1.29, 1.82) is 0 Å². The summed E-state index contributed by atoms with van der Waals surface area (Å²) in [6.07, 6.45) is -3.33. The van der Waals surface area contributed by atoms with Crippen LogP contribution in [0.15, 0.2) is 0 Å². The molecular weight excluding hydrogens is 209 g/mol. The third kappa shape index (κ3) is 3.62. The average Bonchev–Trinajstić information content (AvgIpc) is 2.59. The highest BCUT2D eigenvalue weighted by molar-refractivity contribution is 4.80. The molecule has 15 heavy (non-hydrogen) atoms. The van der Waals surface area contributed by atoms with E-state index in [4.69, 9.17) is 10.5 Å².